The number of ether oxygens (including phenoxy) is 1. The predicted octanol–water partition coefficient (Wildman–Crippen LogP) is 2.82. The first kappa shape index (κ1) is 21.4. The van der Waals surface area contributed by atoms with Gasteiger partial charge in [0.1, 0.15) is 12.5 Å². The van der Waals surface area contributed by atoms with Gasteiger partial charge in [0.2, 0.25) is 0 Å². The fraction of sp³-hybridized carbons (Fsp3) is 0.524. The van der Waals surface area contributed by atoms with Crippen molar-refractivity contribution in [2.45, 2.75) is 31.8 Å². The third-order valence-corrected chi connectivity index (χ3v) is 5.94. The number of nitrogen functional groups attached to an aromatic ring is 1. The number of nitrogens with one attached hydrogen (secondary N) is 2. The second-order valence-corrected chi connectivity index (χ2v) is 8.12. The minimum absolute atomic E-state index is 0.0294. The highest BCUT2D eigenvalue weighted by atomic mass is 19.1. The number of amides is 1. The van der Waals surface area contributed by atoms with Crippen LogP contribution in [0.3, 0.4) is 0 Å². The fourth-order valence-corrected chi connectivity index (χ4v) is 4.12. The Morgan fingerprint density at radius 1 is 1.45 bits per heavy atom. The van der Waals surface area contributed by atoms with E-state index in [1.165, 1.54) is 13.3 Å². The molecule has 3 rings (SSSR count). The molecule has 1 unspecified atom stereocenters. The maximum Gasteiger partial charge on any atom is 0.253 e. The normalized spacial score (nSPS) is 18.3. The smallest absolute Gasteiger partial charge is 0.253 e. The Balaban J connectivity index is 1.84. The van der Waals surface area contributed by atoms with Gasteiger partial charge in [0, 0.05) is 25.2 Å². The van der Waals surface area contributed by atoms with E-state index in [4.69, 9.17) is 10.5 Å². The van der Waals surface area contributed by atoms with Gasteiger partial charge in [-0.2, -0.15) is 0 Å². The Morgan fingerprint density at radius 3 is 2.83 bits per heavy atom. The zero-order valence-corrected chi connectivity index (χ0v) is 16.9. The van der Waals surface area contributed by atoms with E-state index in [2.05, 4.69) is 15.6 Å². The molecule has 2 heterocycles. The first-order chi connectivity index (χ1) is 13.8. The summed E-state index contributed by atoms with van der Waals surface area (Å²) in [7, 11) is 1.50. The van der Waals surface area contributed by atoms with Crippen molar-refractivity contribution in [3.8, 4) is 0 Å². The summed E-state index contributed by atoms with van der Waals surface area (Å²) in [5.74, 6) is -1.08. The van der Waals surface area contributed by atoms with Crippen LogP contribution in [0.5, 0.6) is 0 Å². The number of rotatable bonds is 7. The van der Waals surface area contributed by atoms with Gasteiger partial charge in [0.25, 0.3) is 5.91 Å². The summed E-state index contributed by atoms with van der Waals surface area (Å²) in [5, 5.41) is 6.63. The lowest BCUT2D eigenvalue weighted by atomic mass is 9.71. The molecule has 1 saturated heterocycles. The lowest BCUT2D eigenvalue weighted by molar-refractivity contribution is -0.0563. The number of hydrogen-bond donors (Lipinski definition) is 3. The van der Waals surface area contributed by atoms with Crippen molar-refractivity contribution < 1.29 is 18.3 Å². The number of anilines is 1. The average Bonchev–Trinajstić information content (AvgIpc) is 2.75. The number of fused-ring (bicyclic) bond motifs is 1. The molecular formula is C21H28F2N4O2. The van der Waals surface area contributed by atoms with Crippen LogP contribution in [0.1, 0.15) is 36.5 Å². The van der Waals surface area contributed by atoms with Gasteiger partial charge in [-0.3, -0.25) is 9.78 Å². The third-order valence-electron chi connectivity index (χ3n) is 5.94. The van der Waals surface area contributed by atoms with E-state index in [9.17, 15) is 13.6 Å². The molecule has 1 aliphatic heterocycles. The molecule has 8 heteroatoms. The molecule has 0 aliphatic carbocycles. The number of pyridine rings is 1. The van der Waals surface area contributed by atoms with Crippen LogP contribution in [-0.2, 0) is 4.74 Å². The number of halogens is 2. The summed E-state index contributed by atoms with van der Waals surface area (Å²) < 4.78 is 33.3. The number of nitrogens with zero attached hydrogens (tertiary/aromatic N) is 1. The van der Waals surface area contributed by atoms with Gasteiger partial charge in [-0.15, -0.1) is 0 Å². The quantitative estimate of drug-likeness (QED) is 0.616. The summed E-state index contributed by atoms with van der Waals surface area (Å²) in [6.45, 7) is 3.04. The first-order valence-electron chi connectivity index (χ1n) is 9.76. The van der Waals surface area contributed by atoms with Gasteiger partial charge >= 0.3 is 0 Å². The van der Waals surface area contributed by atoms with Crippen molar-refractivity contribution in [3.63, 3.8) is 0 Å². The topological polar surface area (TPSA) is 89.3 Å². The van der Waals surface area contributed by atoms with Crippen molar-refractivity contribution in [2.75, 3.05) is 39.2 Å². The number of nitrogens with two attached hydrogens (primary N) is 1. The number of aromatic nitrogens is 1. The zero-order chi connectivity index (χ0) is 21.1. The maximum atomic E-state index is 14.3. The summed E-state index contributed by atoms with van der Waals surface area (Å²) >= 11 is 0. The van der Waals surface area contributed by atoms with Crippen molar-refractivity contribution in [1.29, 1.82) is 0 Å². The molecule has 0 radical (unpaired) electrons. The summed E-state index contributed by atoms with van der Waals surface area (Å²) in [5.41, 5.74) is 5.03. The zero-order valence-electron chi connectivity index (χ0n) is 16.9. The van der Waals surface area contributed by atoms with Crippen LogP contribution in [0, 0.1) is 11.2 Å². The van der Waals surface area contributed by atoms with Crippen LogP contribution in [-0.4, -0.2) is 49.9 Å². The molecule has 0 saturated carbocycles. The van der Waals surface area contributed by atoms with Gasteiger partial charge in [-0.25, -0.2) is 8.78 Å². The molecule has 4 N–H and O–H groups in total. The van der Waals surface area contributed by atoms with E-state index in [0.717, 1.165) is 32.0 Å². The highest BCUT2D eigenvalue weighted by Gasteiger charge is 2.40. The van der Waals surface area contributed by atoms with Gasteiger partial charge in [-0.1, -0.05) is 0 Å². The summed E-state index contributed by atoms with van der Waals surface area (Å²) in [6, 6.07) is 4.40. The molecule has 29 heavy (non-hydrogen) atoms. The predicted molar refractivity (Wildman–Crippen MR) is 109 cm³/mol. The van der Waals surface area contributed by atoms with Gasteiger partial charge in [0.15, 0.2) is 0 Å². The number of hydrogen-bond acceptors (Lipinski definition) is 5. The highest BCUT2D eigenvalue weighted by Crippen LogP contribution is 2.38. The molecule has 2 aromatic rings. The number of carbonyl (C=O) groups is 1. The summed E-state index contributed by atoms with van der Waals surface area (Å²) in [4.78, 5) is 17.1. The molecule has 1 amide bonds. The van der Waals surface area contributed by atoms with Crippen molar-refractivity contribution in [1.82, 2.24) is 15.6 Å². The Kier molecular flexibility index (Phi) is 6.33. The van der Waals surface area contributed by atoms with Crippen LogP contribution in [0.25, 0.3) is 10.9 Å². The Labute approximate surface area is 169 Å². The largest absolute Gasteiger partial charge is 0.396 e. The molecule has 0 spiro atoms. The Bertz CT molecular complexity index is 880. The van der Waals surface area contributed by atoms with Gasteiger partial charge in [-0.05, 0) is 62.9 Å². The number of piperidine rings is 1. The standard InChI is InChI=1S/C21H28F2N4O2/c1-20(12-22,29-2)11-21(5-8-25-9-6-21)13-27-19(28)15-10-16(23)17(24)14-4-3-7-26-18(14)15/h3-4,7,10,25H,5-6,8-9,11-13,24H2,1-2H3,(H,27,28). The lowest BCUT2D eigenvalue weighted by Crippen LogP contribution is -2.49. The fourth-order valence-electron chi connectivity index (χ4n) is 4.12. The second kappa shape index (κ2) is 8.59. The van der Waals surface area contributed by atoms with Crippen LogP contribution < -0.4 is 16.4 Å². The third kappa shape index (κ3) is 4.48. The van der Waals surface area contributed by atoms with Crippen molar-refractivity contribution in [3.05, 3.63) is 35.8 Å². The number of alkyl halides is 1. The van der Waals surface area contributed by atoms with Crippen LogP contribution in [0.15, 0.2) is 24.4 Å². The van der Waals surface area contributed by atoms with Crippen LogP contribution in [0.2, 0.25) is 0 Å². The first-order valence-corrected chi connectivity index (χ1v) is 9.76. The molecule has 1 atom stereocenters. The number of benzene rings is 1. The highest BCUT2D eigenvalue weighted by molar-refractivity contribution is 6.08. The number of carbonyl (C=O) groups excluding carboxylic acids is 1. The molecule has 0 bridgehead atoms. The van der Waals surface area contributed by atoms with Crippen LogP contribution in [0.4, 0.5) is 14.5 Å². The molecular weight excluding hydrogens is 378 g/mol. The monoisotopic (exact) mass is 406 g/mol. The second-order valence-electron chi connectivity index (χ2n) is 8.12. The maximum absolute atomic E-state index is 14.3. The van der Waals surface area contributed by atoms with Gasteiger partial charge in [0.05, 0.1) is 22.4 Å². The average molecular weight is 406 g/mol. The molecule has 1 aliphatic rings. The SMILES string of the molecule is COC(C)(CF)CC1(CNC(=O)c2cc(F)c(N)c3cccnc23)CCNCC1. The number of methoxy groups -OCH3 is 1. The summed E-state index contributed by atoms with van der Waals surface area (Å²) in [6.07, 6.45) is 3.57. The molecule has 158 valence electrons. The lowest BCUT2D eigenvalue weighted by Gasteiger charge is -2.43. The van der Waals surface area contributed by atoms with E-state index >= 15 is 0 Å². The van der Waals surface area contributed by atoms with E-state index in [-0.39, 0.29) is 16.7 Å². The minimum Gasteiger partial charge on any atom is -0.396 e. The Hall–Kier alpha value is -2.32. The molecule has 1 aromatic carbocycles. The van der Waals surface area contributed by atoms with Crippen molar-refractivity contribution >= 4 is 22.5 Å². The van der Waals surface area contributed by atoms with E-state index in [1.54, 1.807) is 19.1 Å². The van der Waals surface area contributed by atoms with Gasteiger partial charge < -0.3 is 21.1 Å². The van der Waals surface area contributed by atoms with E-state index < -0.39 is 24.0 Å². The van der Waals surface area contributed by atoms with E-state index in [1.807, 2.05) is 0 Å². The molecule has 1 aromatic heterocycles. The molecule has 6 nitrogen and oxygen atoms in total. The molecule has 1 fully saturated rings. The minimum atomic E-state index is -0.913. The van der Waals surface area contributed by atoms with E-state index in [0.29, 0.717) is 23.9 Å². The van der Waals surface area contributed by atoms with Crippen LogP contribution >= 0.6 is 0 Å². The van der Waals surface area contributed by atoms with Crippen molar-refractivity contribution in [2.24, 2.45) is 5.41 Å². The Morgan fingerprint density at radius 2 is 2.17 bits per heavy atom.